The maximum atomic E-state index is 12.2. The van der Waals surface area contributed by atoms with E-state index >= 15 is 0 Å². The van der Waals surface area contributed by atoms with Gasteiger partial charge in [0.25, 0.3) is 0 Å². The minimum atomic E-state index is 0.0264. The molecule has 1 aliphatic heterocycles. The molecule has 4 atom stereocenters. The SMILES string of the molecule is Cn1ncc(C2CCC3C(=O)NNC(CN)C3C2)c1OCc1cccc(Cl)c1. The lowest BCUT2D eigenvalue weighted by atomic mass is 9.68. The summed E-state index contributed by atoms with van der Waals surface area (Å²) >= 11 is 6.07. The van der Waals surface area contributed by atoms with E-state index < -0.39 is 0 Å². The number of carbonyl (C=O) groups is 1. The van der Waals surface area contributed by atoms with E-state index in [0.29, 0.717) is 24.1 Å². The van der Waals surface area contributed by atoms with Crippen molar-refractivity contribution in [3.8, 4) is 5.88 Å². The molecule has 2 fully saturated rings. The molecule has 4 unspecified atom stereocenters. The molecule has 1 aromatic heterocycles. The second-order valence-electron chi connectivity index (χ2n) is 7.70. The largest absolute Gasteiger partial charge is 0.473 e. The number of benzene rings is 1. The van der Waals surface area contributed by atoms with Crippen molar-refractivity contribution in [2.24, 2.45) is 24.6 Å². The van der Waals surface area contributed by atoms with E-state index in [0.717, 1.165) is 36.3 Å². The molecule has 0 spiro atoms. The van der Waals surface area contributed by atoms with Gasteiger partial charge in [0.15, 0.2) is 0 Å². The zero-order valence-electron chi connectivity index (χ0n) is 15.9. The van der Waals surface area contributed by atoms with E-state index in [1.54, 1.807) is 4.68 Å². The number of hydrogen-bond acceptors (Lipinski definition) is 5. The third-order valence-electron chi connectivity index (χ3n) is 6.00. The molecule has 28 heavy (non-hydrogen) atoms. The monoisotopic (exact) mass is 403 g/mol. The summed E-state index contributed by atoms with van der Waals surface area (Å²) in [5, 5.41) is 5.12. The summed E-state index contributed by atoms with van der Waals surface area (Å²) in [4.78, 5) is 12.2. The summed E-state index contributed by atoms with van der Waals surface area (Å²) in [5.74, 6) is 1.40. The number of carbonyl (C=O) groups excluding carboxylic acids is 1. The predicted molar refractivity (Wildman–Crippen MR) is 107 cm³/mol. The normalized spacial score (nSPS) is 27.2. The molecule has 1 saturated carbocycles. The van der Waals surface area contributed by atoms with Crippen molar-refractivity contribution in [1.29, 1.82) is 0 Å². The van der Waals surface area contributed by atoms with Gasteiger partial charge in [-0.15, -0.1) is 0 Å². The molecule has 1 aliphatic carbocycles. The molecule has 1 saturated heterocycles. The summed E-state index contributed by atoms with van der Waals surface area (Å²) < 4.78 is 7.91. The quantitative estimate of drug-likeness (QED) is 0.710. The average Bonchev–Trinajstić information content (AvgIpc) is 3.07. The highest BCUT2D eigenvalue weighted by atomic mass is 35.5. The summed E-state index contributed by atoms with van der Waals surface area (Å²) in [7, 11) is 1.89. The van der Waals surface area contributed by atoms with Crippen molar-refractivity contribution in [3.63, 3.8) is 0 Å². The minimum Gasteiger partial charge on any atom is -0.473 e. The van der Waals surface area contributed by atoms with Crippen molar-refractivity contribution in [1.82, 2.24) is 20.6 Å². The van der Waals surface area contributed by atoms with E-state index in [4.69, 9.17) is 22.1 Å². The zero-order chi connectivity index (χ0) is 19.7. The van der Waals surface area contributed by atoms with Gasteiger partial charge in [-0.1, -0.05) is 23.7 Å². The minimum absolute atomic E-state index is 0.0264. The summed E-state index contributed by atoms with van der Waals surface area (Å²) in [5.41, 5.74) is 13.9. The summed E-state index contributed by atoms with van der Waals surface area (Å²) in [6.45, 7) is 0.931. The smallest absolute Gasteiger partial charge is 0.237 e. The van der Waals surface area contributed by atoms with E-state index in [1.807, 2.05) is 37.5 Å². The molecule has 8 heteroatoms. The second kappa shape index (κ2) is 8.11. The summed E-state index contributed by atoms with van der Waals surface area (Å²) in [6.07, 6.45) is 4.57. The number of ether oxygens (including phenoxy) is 1. The van der Waals surface area contributed by atoms with Crippen molar-refractivity contribution in [3.05, 3.63) is 46.6 Å². The molecule has 4 N–H and O–H groups in total. The van der Waals surface area contributed by atoms with Gasteiger partial charge in [0.05, 0.1) is 6.20 Å². The number of hydrogen-bond donors (Lipinski definition) is 3. The Balaban J connectivity index is 1.51. The molecule has 0 radical (unpaired) electrons. The number of aryl methyl sites for hydroxylation is 1. The third kappa shape index (κ3) is 3.74. The predicted octanol–water partition coefficient (Wildman–Crippen LogP) is 2.11. The molecule has 2 heterocycles. The van der Waals surface area contributed by atoms with Crippen LogP contribution in [0, 0.1) is 11.8 Å². The lowest BCUT2D eigenvalue weighted by molar-refractivity contribution is -0.133. The molecular formula is C20H26ClN5O2. The molecule has 1 amide bonds. The number of hydrazine groups is 1. The van der Waals surface area contributed by atoms with Gasteiger partial charge in [-0.25, -0.2) is 10.1 Å². The number of rotatable bonds is 5. The van der Waals surface area contributed by atoms with Crippen LogP contribution in [0.3, 0.4) is 0 Å². The van der Waals surface area contributed by atoms with E-state index in [2.05, 4.69) is 16.0 Å². The van der Waals surface area contributed by atoms with Gasteiger partial charge >= 0.3 is 0 Å². The van der Waals surface area contributed by atoms with E-state index in [9.17, 15) is 4.79 Å². The van der Waals surface area contributed by atoms with E-state index in [1.165, 1.54) is 0 Å². The first-order valence-electron chi connectivity index (χ1n) is 9.71. The number of nitrogens with zero attached hydrogens (tertiary/aromatic N) is 2. The topological polar surface area (TPSA) is 94.2 Å². The Kier molecular flexibility index (Phi) is 5.57. The first kappa shape index (κ1) is 19.2. The summed E-state index contributed by atoms with van der Waals surface area (Å²) in [6, 6.07) is 7.76. The fourth-order valence-electron chi connectivity index (χ4n) is 4.53. The Hall–Kier alpha value is -2.09. The molecule has 1 aromatic carbocycles. The molecule has 4 rings (SSSR count). The number of aromatic nitrogens is 2. The van der Waals surface area contributed by atoms with Gasteiger partial charge in [-0.05, 0) is 48.8 Å². The van der Waals surface area contributed by atoms with Gasteiger partial charge in [0, 0.05) is 36.1 Å². The number of amides is 1. The lowest BCUT2D eigenvalue weighted by Gasteiger charge is -2.43. The van der Waals surface area contributed by atoms with Crippen molar-refractivity contribution < 1.29 is 9.53 Å². The maximum absolute atomic E-state index is 12.2. The van der Waals surface area contributed by atoms with Crippen LogP contribution in [-0.4, -0.2) is 28.3 Å². The highest BCUT2D eigenvalue weighted by Gasteiger charge is 2.43. The first-order valence-corrected chi connectivity index (χ1v) is 10.1. The molecule has 150 valence electrons. The van der Waals surface area contributed by atoms with Gasteiger partial charge in [-0.3, -0.25) is 10.2 Å². The average molecular weight is 404 g/mol. The lowest BCUT2D eigenvalue weighted by Crippen LogP contribution is -2.62. The Morgan fingerprint density at radius 1 is 1.39 bits per heavy atom. The fourth-order valence-corrected chi connectivity index (χ4v) is 4.75. The number of nitrogens with two attached hydrogens (primary N) is 1. The number of nitrogens with one attached hydrogen (secondary N) is 2. The Bertz CT molecular complexity index is 855. The second-order valence-corrected chi connectivity index (χ2v) is 8.14. The number of halogens is 1. The van der Waals surface area contributed by atoms with Crippen LogP contribution < -0.4 is 21.3 Å². The van der Waals surface area contributed by atoms with Crippen LogP contribution in [0.4, 0.5) is 0 Å². The van der Waals surface area contributed by atoms with Crippen molar-refractivity contribution in [2.75, 3.05) is 6.54 Å². The first-order chi connectivity index (χ1) is 13.6. The van der Waals surface area contributed by atoms with Gasteiger partial charge < -0.3 is 10.5 Å². The van der Waals surface area contributed by atoms with Gasteiger partial charge in [0.1, 0.15) is 6.61 Å². The molecule has 2 aromatic rings. The molecule has 7 nitrogen and oxygen atoms in total. The van der Waals surface area contributed by atoms with Gasteiger partial charge in [-0.2, -0.15) is 5.10 Å². The fraction of sp³-hybridized carbons (Fsp3) is 0.500. The zero-order valence-corrected chi connectivity index (χ0v) is 16.7. The van der Waals surface area contributed by atoms with E-state index in [-0.39, 0.29) is 23.8 Å². The van der Waals surface area contributed by atoms with Crippen molar-refractivity contribution in [2.45, 2.75) is 37.8 Å². The van der Waals surface area contributed by atoms with Crippen LogP contribution in [0.5, 0.6) is 5.88 Å². The van der Waals surface area contributed by atoms with Crippen LogP contribution >= 0.6 is 11.6 Å². The number of fused-ring (bicyclic) bond motifs is 1. The Morgan fingerprint density at radius 3 is 3.04 bits per heavy atom. The maximum Gasteiger partial charge on any atom is 0.237 e. The van der Waals surface area contributed by atoms with Crippen LogP contribution in [0.2, 0.25) is 5.02 Å². The van der Waals surface area contributed by atoms with Crippen LogP contribution in [-0.2, 0) is 18.4 Å². The standard InChI is InChI=1S/C20H26ClN5O2/c1-26-20(28-11-12-3-2-4-14(21)7-12)17(10-23-26)13-5-6-15-16(8-13)18(9-22)24-25-19(15)27/h2-4,7,10,13,15-16,18,24H,5-6,8-9,11,22H2,1H3,(H,25,27). The van der Waals surface area contributed by atoms with Gasteiger partial charge in [0.2, 0.25) is 11.8 Å². The molecular weight excluding hydrogens is 378 g/mol. The van der Waals surface area contributed by atoms with Crippen LogP contribution in [0.1, 0.15) is 36.3 Å². The van der Waals surface area contributed by atoms with Crippen molar-refractivity contribution >= 4 is 17.5 Å². The third-order valence-corrected chi connectivity index (χ3v) is 6.24. The highest BCUT2D eigenvalue weighted by Crippen LogP contribution is 2.44. The Morgan fingerprint density at radius 2 is 2.25 bits per heavy atom. The molecule has 0 bridgehead atoms. The Labute approximate surface area is 169 Å². The van der Waals surface area contributed by atoms with Crippen LogP contribution in [0.15, 0.2) is 30.5 Å². The molecule has 2 aliphatic rings. The highest BCUT2D eigenvalue weighted by molar-refractivity contribution is 6.30. The van der Waals surface area contributed by atoms with Crippen LogP contribution in [0.25, 0.3) is 0 Å².